The Morgan fingerprint density at radius 3 is 2.29 bits per heavy atom. The van der Waals surface area contributed by atoms with Crippen molar-refractivity contribution in [3.05, 3.63) is 56.0 Å². The maximum Gasteiger partial charge on any atom is 0.261 e. The summed E-state index contributed by atoms with van der Waals surface area (Å²) in [4.78, 5) is 0.0591. The van der Waals surface area contributed by atoms with Crippen molar-refractivity contribution >= 4 is 54.8 Å². The lowest BCUT2D eigenvalue weighted by Crippen LogP contribution is -2.14. The first-order chi connectivity index (χ1) is 9.70. The van der Waals surface area contributed by atoms with E-state index in [1.54, 1.807) is 0 Å². The number of nitrogens with one attached hydrogen (secondary N) is 1. The molecule has 0 radical (unpaired) electrons. The maximum atomic E-state index is 12.4. The van der Waals surface area contributed by atoms with Crippen LogP contribution in [0.25, 0.3) is 0 Å². The van der Waals surface area contributed by atoms with Crippen molar-refractivity contribution in [1.82, 2.24) is 0 Å². The van der Waals surface area contributed by atoms with Crippen molar-refractivity contribution < 1.29 is 8.42 Å². The lowest BCUT2D eigenvalue weighted by Gasteiger charge is -2.13. The highest BCUT2D eigenvalue weighted by molar-refractivity contribution is 9.10. The van der Waals surface area contributed by atoms with E-state index in [1.165, 1.54) is 18.2 Å². The minimum absolute atomic E-state index is 0.0591. The van der Waals surface area contributed by atoms with Gasteiger partial charge in [0.15, 0.2) is 0 Å². The molecule has 0 atom stereocenters. The summed E-state index contributed by atoms with van der Waals surface area (Å²) in [5.41, 5.74) is 2.37. The van der Waals surface area contributed by atoms with Gasteiger partial charge in [0.1, 0.15) is 0 Å². The largest absolute Gasteiger partial charge is 0.278 e. The molecule has 0 amide bonds. The molecular formula is C14H12BrCl2NO2S. The van der Waals surface area contributed by atoms with E-state index in [-0.39, 0.29) is 9.92 Å². The van der Waals surface area contributed by atoms with Gasteiger partial charge in [-0.25, -0.2) is 8.42 Å². The molecule has 0 bridgehead atoms. The van der Waals surface area contributed by atoms with Gasteiger partial charge >= 0.3 is 0 Å². The van der Waals surface area contributed by atoms with Crippen molar-refractivity contribution in [2.75, 3.05) is 4.72 Å². The molecule has 0 aliphatic rings. The van der Waals surface area contributed by atoms with Crippen molar-refractivity contribution in [1.29, 1.82) is 0 Å². The number of anilines is 1. The number of rotatable bonds is 3. The highest BCUT2D eigenvalue weighted by Gasteiger charge is 2.18. The summed E-state index contributed by atoms with van der Waals surface area (Å²) in [7, 11) is -3.73. The Labute approximate surface area is 142 Å². The van der Waals surface area contributed by atoms with Crippen LogP contribution in [0.5, 0.6) is 0 Å². The minimum atomic E-state index is -3.73. The zero-order valence-corrected chi connectivity index (χ0v) is 15.2. The molecule has 0 spiro atoms. The standard InChI is InChI=1S/C14H12BrCl2NO2S/c1-8-5-9(2)14(11(15)6-8)18-21(19,20)10-3-4-12(16)13(17)7-10/h3-7,18H,1-2H3. The fourth-order valence-corrected chi connectivity index (χ4v) is 4.33. The summed E-state index contributed by atoms with van der Waals surface area (Å²) in [6, 6.07) is 7.93. The van der Waals surface area contributed by atoms with Crippen LogP contribution in [0.3, 0.4) is 0 Å². The van der Waals surface area contributed by atoms with E-state index in [4.69, 9.17) is 23.2 Å². The van der Waals surface area contributed by atoms with Gasteiger partial charge in [0.05, 0.1) is 20.6 Å². The minimum Gasteiger partial charge on any atom is -0.278 e. The van der Waals surface area contributed by atoms with Gasteiger partial charge in [0.2, 0.25) is 0 Å². The molecule has 2 aromatic rings. The molecule has 0 heterocycles. The lowest BCUT2D eigenvalue weighted by molar-refractivity contribution is 0.601. The van der Waals surface area contributed by atoms with E-state index in [0.29, 0.717) is 15.2 Å². The van der Waals surface area contributed by atoms with Gasteiger partial charge in [-0.05, 0) is 65.2 Å². The maximum absolute atomic E-state index is 12.4. The summed E-state index contributed by atoms with van der Waals surface area (Å²) in [6.07, 6.45) is 0. The van der Waals surface area contributed by atoms with Gasteiger partial charge in [-0.3, -0.25) is 4.72 Å². The fourth-order valence-electron chi connectivity index (χ4n) is 1.88. The third kappa shape index (κ3) is 3.72. The number of halogens is 3. The summed E-state index contributed by atoms with van der Waals surface area (Å²) >= 11 is 15.1. The van der Waals surface area contributed by atoms with Crippen LogP contribution in [0, 0.1) is 13.8 Å². The predicted molar refractivity (Wildman–Crippen MR) is 90.9 cm³/mol. The third-order valence-corrected chi connectivity index (χ3v) is 5.58. The third-order valence-electron chi connectivity index (χ3n) is 2.87. The molecule has 0 saturated carbocycles. The first-order valence-corrected chi connectivity index (χ1v) is 8.98. The molecule has 0 fully saturated rings. The molecule has 21 heavy (non-hydrogen) atoms. The first-order valence-electron chi connectivity index (χ1n) is 5.95. The van der Waals surface area contributed by atoms with E-state index < -0.39 is 10.0 Å². The molecule has 3 nitrogen and oxygen atoms in total. The molecule has 2 rings (SSSR count). The second-order valence-electron chi connectivity index (χ2n) is 4.62. The Kier molecular flexibility index (Phi) is 4.88. The second-order valence-corrected chi connectivity index (χ2v) is 7.97. The lowest BCUT2D eigenvalue weighted by atomic mass is 10.1. The zero-order chi connectivity index (χ0) is 15.8. The molecule has 1 N–H and O–H groups in total. The smallest absolute Gasteiger partial charge is 0.261 e. The van der Waals surface area contributed by atoms with Crippen molar-refractivity contribution in [2.24, 2.45) is 0 Å². The Hall–Kier alpha value is -0.750. The zero-order valence-electron chi connectivity index (χ0n) is 11.2. The van der Waals surface area contributed by atoms with Gasteiger partial charge in [-0.2, -0.15) is 0 Å². The van der Waals surface area contributed by atoms with Crippen LogP contribution in [-0.4, -0.2) is 8.42 Å². The Morgan fingerprint density at radius 1 is 1.05 bits per heavy atom. The van der Waals surface area contributed by atoms with Crippen LogP contribution in [0.2, 0.25) is 10.0 Å². The van der Waals surface area contributed by atoms with Gasteiger partial charge in [-0.1, -0.05) is 29.3 Å². The number of hydrogen-bond donors (Lipinski definition) is 1. The molecule has 0 aromatic heterocycles. The normalized spacial score (nSPS) is 11.5. The monoisotopic (exact) mass is 407 g/mol. The van der Waals surface area contributed by atoms with Crippen molar-refractivity contribution in [2.45, 2.75) is 18.7 Å². The van der Waals surface area contributed by atoms with Crippen LogP contribution in [0.1, 0.15) is 11.1 Å². The van der Waals surface area contributed by atoms with E-state index in [9.17, 15) is 8.42 Å². The molecule has 7 heteroatoms. The Morgan fingerprint density at radius 2 is 1.71 bits per heavy atom. The summed E-state index contributed by atoms with van der Waals surface area (Å²) in [5.74, 6) is 0. The van der Waals surface area contributed by atoms with Crippen molar-refractivity contribution in [3.8, 4) is 0 Å². The summed E-state index contributed by atoms with van der Waals surface area (Å²) in [5, 5.41) is 0.502. The molecule has 112 valence electrons. The fraction of sp³-hybridized carbons (Fsp3) is 0.143. The predicted octanol–water partition coefficient (Wildman–Crippen LogP) is 5.17. The van der Waals surface area contributed by atoms with Gasteiger partial charge < -0.3 is 0 Å². The molecular weight excluding hydrogens is 397 g/mol. The molecule has 0 aliphatic heterocycles. The summed E-state index contributed by atoms with van der Waals surface area (Å²) < 4.78 is 28.1. The SMILES string of the molecule is Cc1cc(C)c(NS(=O)(=O)c2ccc(Cl)c(Cl)c2)c(Br)c1. The van der Waals surface area contributed by atoms with Crippen LogP contribution in [-0.2, 0) is 10.0 Å². The molecule has 0 aliphatic carbocycles. The first kappa shape index (κ1) is 16.6. The van der Waals surface area contributed by atoms with Gasteiger partial charge in [0, 0.05) is 4.47 Å². The van der Waals surface area contributed by atoms with Crippen LogP contribution >= 0.6 is 39.1 Å². The van der Waals surface area contributed by atoms with Crippen LogP contribution in [0.15, 0.2) is 39.7 Å². The molecule has 0 saturated heterocycles. The highest BCUT2D eigenvalue weighted by atomic mass is 79.9. The van der Waals surface area contributed by atoms with Crippen molar-refractivity contribution in [3.63, 3.8) is 0 Å². The van der Waals surface area contributed by atoms with Crippen LogP contribution in [0.4, 0.5) is 5.69 Å². The average molecular weight is 409 g/mol. The van der Waals surface area contributed by atoms with E-state index in [2.05, 4.69) is 20.7 Å². The number of aryl methyl sites for hydroxylation is 2. The highest BCUT2D eigenvalue weighted by Crippen LogP contribution is 2.31. The quantitative estimate of drug-likeness (QED) is 0.760. The Bertz CT molecular complexity index is 784. The van der Waals surface area contributed by atoms with E-state index in [0.717, 1.165) is 11.1 Å². The summed E-state index contributed by atoms with van der Waals surface area (Å²) in [6.45, 7) is 3.78. The molecule has 0 unspecified atom stereocenters. The average Bonchev–Trinajstić information content (AvgIpc) is 2.37. The van der Waals surface area contributed by atoms with E-state index >= 15 is 0 Å². The van der Waals surface area contributed by atoms with E-state index in [1.807, 2.05) is 26.0 Å². The number of benzene rings is 2. The van der Waals surface area contributed by atoms with Gasteiger partial charge in [0.25, 0.3) is 10.0 Å². The Balaban J connectivity index is 2.44. The topological polar surface area (TPSA) is 46.2 Å². The number of sulfonamides is 1. The van der Waals surface area contributed by atoms with Gasteiger partial charge in [-0.15, -0.1) is 0 Å². The second kappa shape index (κ2) is 6.16. The molecule has 2 aromatic carbocycles. The van der Waals surface area contributed by atoms with Crippen LogP contribution < -0.4 is 4.72 Å². The number of hydrogen-bond acceptors (Lipinski definition) is 2.